The third kappa shape index (κ3) is 2.23. The number of hydrogen-bond acceptors (Lipinski definition) is 1. The summed E-state index contributed by atoms with van der Waals surface area (Å²) in [4.78, 5) is 1.46. The van der Waals surface area contributed by atoms with E-state index in [2.05, 4.69) is 14.1 Å². The molecule has 2 nitrogen and oxygen atoms in total. The number of hydrogen-bond donors (Lipinski definition) is 1. The fraction of sp³-hybridized carbons (Fsp3) is 0.500. The van der Waals surface area contributed by atoms with E-state index >= 15 is 0 Å². The Hall–Kier alpha value is -0.760. The van der Waals surface area contributed by atoms with E-state index in [4.69, 9.17) is 4.42 Å². The molecule has 0 spiro atoms. The summed E-state index contributed by atoms with van der Waals surface area (Å²) in [6.45, 7) is 1.13. The third-order valence-electron chi connectivity index (χ3n) is 1.45. The van der Waals surface area contributed by atoms with Crippen LogP contribution in [-0.2, 0) is 6.42 Å². The number of furan rings is 1. The topological polar surface area (TPSA) is 17.6 Å². The van der Waals surface area contributed by atoms with Crippen LogP contribution in [0.2, 0.25) is 0 Å². The molecule has 0 fully saturated rings. The first-order valence-electron chi connectivity index (χ1n) is 3.60. The highest BCUT2D eigenvalue weighted by Gasteiger charge is 1.97. The lowest BCUT2D eigenvalue weighted by Gasteiger charge is -2.03. The molecular weight excluding hydrogens is 126 g/mol. The van der Waals surface area contributed by atoms with Crippen molar-refractivity contribution in [3.8, 4) is 0 Å². The summed E-state index contributed by atoms with van der Waals surface area (Å²) in [7, 11) is 4.28. The van der Waals surface area contributed by atoms with E-state index in [1.165, 1.54) is 4.90 Å². The van der Waals surface area contributed by atoms with Gasteiger partial charge in [-0.2, -0.15) is 0 Å². The van der Waals surface area contributed by atoms with Gasteiger partial charge in [-0.05, 0) is 12.1 Å². The van der Waals surface area contributed by atoms with Crippen molar-refractivity contribution in [1.29, 1.82) is 0 Å². The van der Waals surface area contributed by atoms with Crippen LogP contribution in [-0.4, -0.2) is 20.6 Å². The van der Waals surface area contributed by atoms with Gasteiger partial charge < -0.3 is 9.32 Å². The predicted octanol–water partition coefficient (Wildman–Crippen LogP) is -0.0334. The minimum absolute atomic E-state index is 1.04. The zero-order valence-electron chi connectivity index (χ0n) is 6.55. The summed E-state index contributed by atoms with van der Waals surface area (Å²) in [5.41, 5.74) is 0. The van der Waals surface area contributed by atoms with Crippen molar-refractivity contribution in [2.45, 2.75) is 6.42 Å². The van der Waals surface area contributed by atoms with E-state index in [1.54, 1.807) is 6.26 Å². The maximum atomic E-state index is 5.17. The van der Waals surface area contributed by atoms with Crippen LogP contribution < -0.4 is 4.90 Å². The molecule has 0 aliphatic rings. The van der Waals surface area contributed by atoms with Crippen molar-refractivity contribution in [3.05, 3.63) is 24.2 Å². The van der Waals surface area contributed by atoms with Crippen LogP contribution in [0.4, 0.5) is 0 Å². The second-order valence-electron chi connectivity index (χ2n) is 2.79. The SMILES string of the molecule is C[NH+](C)CCc1ccco1. The highest BCUT2D eigenvalue weighted by atomic mass is 16.3. The first kappa shape index (κ1) is 7.35. The molecule has 0 bridgehead atoms. The third-order valence-corrected chi connectivity index (χ3v) is 1.45. The second kappa shape index (κ2) is 3.42. The maximum absolute atomic E-state index is 5.17. The van der Waals surface area contributed by atoms with Gasteiger partial charge in [0.05, 0.1) is 33.3 Å². The highest BCUT2D eigenvalue weighted by molar-refractivity contribution is 4.97. The van der Waals surface area contributed by atoms with Crippen molar-refractivity contribution < 1.29 is 9.32 Å². The molecule has 0 amide bonds. The molecule has 1 heterocycles. The number of nitrogens with one attached hydrogen (secondary N) is 1. The van der Waals surface area contributed by atoms with Crippen LogP contribution in [0.15, 0.2) is 22.8 Å². The largest absolute Gasteiger partial charge is 0.469 e. The summed E-state index contributed by atoms with van der Waals surface area (Å²) in [6, 6.07) is 3.95. The lowest BCUT2D eigenvalue weighted by atomic mass is 10.3. The molecule has 0 unspecified atom stereocenters. The molecule has 2 heteroatoms. The summed E-state index contributed by atoms with van der Waals surface area (Å²) < 4.78 is 5.17. The highest BCUT2D eigenvalue weighted by Crippen LogP contribution is 1.98. The van der Waals surface area contributed by atoms with E-state index in [1.807, 2.05) is 12.1 Å². The van der Waals surface area contributed by atoms with Gasteiger partial charge in [0.1, 0.15) is 5.76 Å². The quantitative estimate of drug-likeness (QED) is 0.624. The van der Waals surface area contributed by atoms with Gasteiger partial charge in [0, 0.05) is 0 Å². The molecule has 0 radical (unpaired) electrons. The molecule has 1 aromatic heterocycles. The molecule has 1 N–H and O–H groups in total. The predicted molar refractivity (Wildman–Crippen MR) is 40.1 cm³/mol. The minimum Gasteiger partial charge on any atom is -0.469 e. The molecule has 1 aromatic rings. The standard InChI is InChI=1S/C8H13NO/c1-9(2)6-5-8-4-3-7-10-8/h3-4,7H,5-6H2,1-2H3/p+1. The average molecular weight is 140 g/mol. The zero-order valence-corrected chi connectivity index (χ0v) is 6.55. The molecule has 0 saturated carbocycles. The normalized spacial score (nSPS) is 10.7. The van der Waals surface area contributed by atoms with E-state index in [0.29, 0.717) is 0 Å². The Morgan fingerprint density at radius 3 is 2.80 bits per heavy atom. The van der Waals surface area contributed by atoms with E-state index in [9.17, 15) is 0 Å². The lowest BCUT2D eigenvalue weighted by Crippen LogP contribution is -3.05. The number of rotatable bonds is 3. The van der Waals surface area contributed by atoms with Crippen LogP contribution in [0.1, 0.15) is 5.76 Å². The Morgan fingerprint density at radius 2 is 2.30 bits per heavy atom. The minimum atomic E-state index is 1.04. The van der Waals surface area contributed by atoms with Gasteiger partial charge in [-0.25, -0.2) is 0 Å². The smallest absolute Gasteiger partial charge is 0.109 e. The molecule has 1 rings (SSSR count). The van der Waals surface area contributed by atoms with Crippen molar-refractivity contribution >= 4 is 0 Å². The van der Waals surface area contributed by atoms with Crippen molar-refractivity contribution in [1.82, 2.24) is 0 Å². The summed E-state index contributed by atoms with van der Waals surface area (Å²) >= 11 is 0. The van der Waals surface area contributed by atoms with Gasteiger partial charge in [-0.1, -0.05) is 0 Å². The van der Waals surface area contributed by atoms with Gasteiger partial charge in [-0.15, -0.1) is 0 Å². The molecule has 10 heavy (non-hydrogen) atoms. The fourth-order valence-corrected chi connectivity index (χ4v) is 0.828. The second-order valence-corrected chi connectivity index (χ2v) is 2.79. The maximum Gasteiger partial charge on any atom is 0.109 e. The van der Waals surface area contributed by atoms with E-state index in [-0.39, 0.29) is 0 Å². The van der Waals surface area contributed by atoms with Crippen LogP contribution in [0.3, 0.4) is 0 Å². The molecule has 0 aliphatic carbocycles. The van der Waals surface area contributed by atoms with Crippen molar-refractivity contribution in [2.24, 2.45) is 0 Å². The molecule has 0 aliphatic heterocycles. The van der Waals surface area contributed by atoms with Gasteiger partial charge >= 0.3 is 0 Å². The van der Waals surface area contributed by atoms with Crippen molar-refractivity contribution in [3.63, 3.8) is 0 Å². The van der Waals surface area contributed by atoms with Gasteiger partial charge in [-0.3, -0.25) is 0 Å². The van der Waals surface area contributed by atoms with E-state index in [0.717, 1.165) is 18.7 Å². The van der Waals surface area contributed by atoms with Crippen molar-refractivity contribution in [2.75, 3.05) is 20.6 Å². The average Bonchev–Trinajstić information content (AvgIpc) is 2.34. The van der Waals surface area contributed by atoms with Gasteiger partial charge in [0.2, 0.25) is 0 Å². The lowest BCUT2D eigenvalue weighted by molar-refractivity contribution is -0.858. The fourth-order valence-electron chi connectivity index (χ4n) is 0.828. The van der Waals surface area contributed by atoms with Gasteiger partial charge in [0.25, 0.3) is 0 Å². The van der Waals surface area contributed by atoms with E-state index < -0.39 is 0 Å². The Labute approximate surface area is 61.4 Å². The summed E-state index contributed by atoms with van der Waals surface area (Å²) in [5.74, 6) is 1.08. The van der Waals surface area contributed by atoms with Crippen LogP contribution in [0.25, 0.3) is 0 Å². The number of likely N-dealkylation sites (N-methyl/N-ethyl adjacent to an activating group) is 1. The zero-order chi connectivity index (χ0) is 7.40. The first-order valence-corrected chi connectivity index (χ1v) is 3.60. The Kier molecular flexibility index (Phi) is 2.51. The molecule has 0 saturated heterocycles. The Morgan fingerprint density at radius 1 is 1.50 bits per heavy atom. The Bertz CT molecular complexity index is 167. The summed E-state index contributed by atoms with van der Waals surface area (Å²) in [5, 5.41) is 0. The summed E-state index contributed by atoms with van der Waals surface area (Å²) in [6.07, 6.45) is 2.76. The number of quaternary nitrogens is 1. The molecule has 0 atom stereocenters. The molecule has 56 valence electrons. The monoisotopic (exact) mass is 140 g/mol. The molecular formula is C8H14NO+. The van der Waals surface area contributed by atoms with Crippen LogP contribution >= 0.6 is 0 Å². The molecule has 0 aromatic carbocycles. The van der Waals surface area contributed by atoms with Crippen LogP contribution in [0, 0.1) is 0 Å². The first-order chi connectivity index (χ1) is 4.79. The van der Waals surface area contributed by atoms with Gasteiger partial charge in [0.15, 0.2) is 0 Å². The Balaban J connectivity index is 2.28. The van der Waals surface area contributed by atoms with Crippen LogP contribution in [0.5, 0.6) is 0 Å².